The highest BCUT2D eigenvalue weighted by Crippen LogP contribution is 2.44. The van der Waals surface area contributed by atoms with Gasteiger partial charge in [-0.05, 0) is 55.4 Å². The average Bonchev–Trinajstić information content (AvgIpc) is 3.51. The molecule has 43 heavy (non-hydrogen) atoms. The molecule has 5 aromatic rings. The summed E-state index contributed by atoms with van der Waals surface area (Å²) in [5, 5.41) is 43.2. The van der Waals surface area contributed by atoms with Crippen molar-refractivity contribution in [2.75, 3.05) is 17.2 Å². The fourth-order valence-electron chi connectivity index (χ4n) is 6.10. The molecule has 1 unspecified atom stereocenters. The van der Waals surface area contributed by atoms with Crippen molar-refractivity contribution in [3.63, 3.8) is 0 Å². The van der Waals surface area contributed by atoms with Gasteiger partial charge in [0.2, 0.25) is 5.95 Å². The van der Waals surface area contributed by atoms with E-state index in [1.165, 1.54) is 5.56 Å². The van der Waals surface area contributed by atoms with Crippen LogP contribution < -0.4 is 10.6 Å². The fourth-order valence-corrected chi connectivity index (χ4v) is 7.16. The molecule has 2 aliphatic carbocycles. The first-order valence-corrected chi connectivity index (χ1v) is 15.5. The quantitative estimate of drug-likeness (QED) is 0.166. The minimum atomic E-state index is -1.04. The third kappa shape index (κ3) is 5.49. The molecule has 10 nitrogen and oxygen atoms in total. The predicted octanol–water partition coefficient (Wildman–Crippen LogP) is 4.54. The van der Waals surface area contributed by atoms with Crippen LogP contribution in [0.4, 0.5) is 11.8 Å². The zero-order valence-corrected chi connectivity index (χ0v) is 24.9. The number of para-hydroxylation sites is 1. The van der Waals surface area contributed by atoms with Crippen LogP contribution in [0.25, 0.3) is 31.9 Å². The summed E-state index contributed by atoms with van der Waals surface area (Å²) in [5.41, 5.74) is 5.78. The number of rotatable bonds is 9. The molecule has 0 bridgehead atoms. The van der Waals surface area contributed by atoms with Crippen LogP contribution in [0.1, 0.15) is 36.6 Å². The number of benzene rings is 2. The molecule has 5 atom stereocenters. The van der Waals surface area contributed by atoms with E-state index in [-0.39, 0.29) is 12.6 Å². The molecule has 2 aliphatic rings. The lowest BCUT2D eigenvalue weighted by molar-refractivity contribution is 0.00446. The average molecular weight is 598 g/mol. The first-order valence-electron chi connectivity index (χ1n) is 14.7. The summed E-state index contributed by atoms with van der Waals surface area (Å²) in [7, 11) is 1.92. The van der Waals surface area contributed by atoms with E-state index in [1.54, 1.807) is 16.0 Å². The van der Waals surface area contributed by atoms with E-state index in [0.29, 0.717) is 24.1 Å². The van der Waals surface area contributed by atoms with E-state index >= 15 is 0 Å². The third-order valence-electron chi connectivity index (χ3n) is 8.64. The van der Waals surface area contributed by atoms with Gasteiger partial charge in [-0.25, -0.2) is 9.97 Å². The van der Waals surface area contributed by atoms with E-state index in [2.05, 4.69) is 40.0 Å². The highest BCUT2D eigenvalue weighted by Gasteiger charge is 2.42. The second-order valence-corrected chi connectivity index (χ2v) is 12.8. The summed E-state index contributed by atoms with van der Waals surface area (Å²) in [4.78, 5) is 14.7. The first kappa shape index (κ1) is 27.9. The van der Waals surface area contributed by atoms with E-state index in [0.717, 1.165) is 50.5 Å². The van der Waals surface area contributed by atoms with Gasteiger partial charge in [0.15, 0.2) is 0 Å². The van der Waals surface area contributed by atoms with Crippen LogP contribution in [-0.4, -0.2) is 64.9 Å². The number of thiazole rings is 1. The summed E-state index contributed by atoms with van der Waals surface area (Å²) in [6.07, 6.45) is 4.50. The Balaban J connectivity index is 1.23. The van der Waals surface area contributed by atoms with Crippen LogP contribution in [-0.2, 0) is 7.05 Å². The molecule has 2 aromatic carbocycles. The molecule has 3 heterocycles. The molecule has 3 aromatic heterocycles. The number of aromatic nitrogens is 5. The Morgan fingerprint density at radius 1 is 1.00 bits per heavy atom. The van der Waals surface area contributed by atoms with Gasteiger partial charge in [0.05, 0.1) is 45.9 Å². The normalized spacial score (nSPS) is 22.6. The molecular weight excluding hydrogens is 562 g/mol. The van der Waals surface area contributed by atoms with Crippen molar-refractivity contribution >= 4 is 33.3 Å². The molecule has 5 N–H and O–H groups in total. The molecule has 0 aliphatic heterocycles. The second-order valence-electron chi connectivity index (χ2n) is 11.7. The molecule has 0 spiro atoms. The van der Waals surface area contributed by atoms with Crippen LogP contribution in [0.5, 0.6) is 0 Å². The van der Waals surface area contributed by atoms with Crippen LogP contribution >= 0.6 is 11.3 Å². The number of hydrogen-bond acceptors (Lipinski definition) is 10. The SMILES string of the molecule is Cc1nc(N[C@@H](c2ccc(-c3cnn(C)c3)cc2)C2CC2)nc(NC2C[C@H](CO)[C@@H](O)[C@H]2O)c1-c1nc2ccccc2s1. The summed E-state index contributed by atoms with van der Waals surface area (Å²) in [6.45, 7) is 1.75. The van der Waals surface area contributed by atoms with Crippen LogP contribution in [0, 0.1) is 18.8 Å². The Labute approximate surface area is 253 Å². The molecule has 0 amide bonds. The molecule has 7 rings (SSSR count). The van der Waals surface area contributed by atoms with Crippen molar-refractivity contribution in [1.82, 2.24) is 24.7 Å². The van der Waals surface area contributed by atoms with Crippen molar-refractivity contribution < 1.29 is 15.3 Å². The van der Waals surface area contributed by atoms with Crippen molar-refractivity contribution in [2.45, 2.75) is 50.5 Å². The number of aryl methyl sites for hydroxylation is 2. The van der Waals surface area contributed by atoms with Gasteiger partial charge in [-0.3, -0.25) is 4.68 Å². The molecule has 222 valence electrons. The molecule has 0 radical (unpaired) electrons. The zero-order chi connectivity index (χ0) is 29.7. The molecule has 0 saturated heterocycles. The number of fused-ring (bicyclic) bond motifs is 1. The van der Waals surface area contributed by atoms with Gasteiger partial charge in [0.1, 0.15) is 16.9 Å². The minimum absolute atomic E-state index is 0.0427. The fraction of sp³-hybridized carbons (Fsp3) is 0.375. The summed E-state index contributed by atoms with van der Waals surface area (Å²) < 4.78 is 2.86. The molecule has 11 heteroatoms. The minimum Gasteiger partial charge on any atom is -0.396 e. The molecule has 2 saturated carbocycles. The Morgan fingerprint density at radius 3 is 2.47 bits per heavy atom. The topological polar surface area (TPSA) is 141 Å². The van der Waals surface area contributed by atoms with Gasteiger partial charge < -0.3 is 26.0 Å². The van der Waals surface area contributed by atoms with Gasteiger partial charge in [0, 0.05) is 31.3 Å². The molecule has 2 fully saturated rings. The number of aliphatic hydroxyl groups is 3. The predicted molar refractivity (Wildman–Crippen MR) is 168 cm³/mol. The van der Waals surface area contributed by atoms with Gasteiger partial charge in [0.25, 0.3) is 0 Å². The number of aliphatic hydroxyl groups excluding tert-OH is 3. The number of hydrogen-bond donors (Lipinski definition) is 5. The van der Waals surface area contributed by atoms with Gasteiger partial charge in [-0.15, -0.1) is 11.3 Å². The van der Waals surface area contributed by atoms with Crippen LogP contribution in [0.2, 0.25) is 0 Å². The maximum absolute atomic E-state index is 10.8. The van der Waals surface area contributed by atoms with E-state index in [9.17, 15) is 15.3 Å². The van der Waals surface area contributed by atoms with Gasteiger partial charge >= 0.3 is 0 Å². The van der Waals surface area contributed by atoms with Crippen molar-refractivity contribution in [1.29, 1.82) is 0 Å². The Bertz CT molecular complexity index is 1720. The van der Waals surface area contributed by atoms with Crippen LogP contribution in [0.3, 0.4) is 0 Å². The van der Waals surface area contributed by atoms with Crippen molar-refractivity contribution in [3.05, 3.63) is 72.2 Å². The first-order chi connectivity index (χ1) is 20.9. The number of anilines is 2. The lowest BCUT2D eigenvalue weighted by Crippen LogP contribution is -2.35. The lowest BCUT2D eigenvalue weighted by Gasteiger charge is -2.23. The number of nitrogens with one attached hydrogen (secondary N) is 2. The summed E-state index contributed by atoms with van der Waals surface area (Å²) in [6, 6.07) is 16.1. The van der Waals surface area contributed by atoms with Crippen molar-refractivity contribution in [3.8, 4) is 21.7 Å². The summed E-state index contributed by atoms with van der Waals surface area (Å²) in [5.74, 6) is 1.11. The Hall–Kier alpha value is -3.90. The standard InChI is InChI=1S/C32H35N7O3S/c1-17-26(31-36-23-5-3-4-6-25(23)43-31)30(35-24-13-21(16-40)28(41)29(24)42)38-32(34-17)37-27(20-11-12-20)19-9-7-18(8-10-19)22-14-33-39(2)15-22/h3-10,14-15,20-21,24,27-29,40-42H,11-13,16H2,1-2H3,(H2,34,35,37,38)/t21-,24?,27+,28-,29+/m1/s1. The van der Waals surface area contributed by atoms with Gasteiger partial charge in [-0.1, -0.05) is 36.4 Å². The van der Waals surface area contributed by atoms with Gasteiger partial charge in [-0.2, -0.15) is 10.1 Å². The largest absolute Gasteiger partial charge is 0.396 e. The highest BCUT2D eigenvalue weighted by atomic mass is 32.1. The highest BCUT2D eigenvalue weighted by molar-refractivity contribution is 7.21. The monoisotopic (exact) mass is 597 g/mol. The second kappa shape index (κ2) is 11.3. The van der Waals surface area contributed by atoms with E-state index in [1.807, 2.05) is 50.6 Å². The summed E-state index contributed by atoms with van der Waals surface area (Å²) >= 11 is 1.57. The maximum Gasteiger partial charge on any atom is 0.225 e. The molecular formula is C32H35N7O3S. The zero-order valence-electron chi connectivity index (χ0n) is 24.1. The third-order valence-corrected chi connectivity index (χ3v) is 9.70. The Kier molecular flexibility index (Phi) is 7.34. The van der Waals surface area contributed by atoms with Crippen LogP contribution in [0.15, 0.2) is 60.9 Å². The smallest absolute Gasteiger partial charge is 0.225 e. The lowest BCUT2D eigenvalue weighted by atomic mass is 9.99. The maximum atomic E-state index is 10.8. The van der Waals surface area contributed by atoms with E-state index in [4.69, 9.17) is 15.0 Å². The number of nitrogens with zero attached hydrogens (tertiary/aromatic N) is 5. The van der Waals surface area contributed by atoms with Crippen molar-refractivity contribution in [2.24, 2.45) is 18.9 Å². The Morgan fingerprint density at radius 2 is 1.79 bits per heavy atom. The van der Waals surface area contributed by atoms with E-state index < -0.39 is 24.2 Å².